The van der Waals surface area contributed by atoms with Crippen molar-refractivity contribution in [3.05, 3.63) is 58.6 Å². The van der Waals surface area contributed by atoms with E-state index in [1.54, 1.807) is 24.3 Å². The molecule has 42 heavy (non-hydrogen) atoms. The van der Waals surface area contributed by atoms with Crippen LogP contribution < -0.4 is 0 Å². The largest absolute Gasteiger partial charge is 0.456 e. The number of rotatable bonds is 10. The maximum Gasteiger partial charge on any atom is 0.329 e. The van der Waals surface area contributed by atoms with Crippen LogP contribution in [0.4, 0.5) is 0 Å². The van der Waals surface area contributed by atoms with Crippen LogP contribution in [0.2, 0.25) is 0 Å². The summed E-state index contributed by atoms with van der Waals surface area (Å²) in [5, 5.41) is 0. The first-order chi connectivity index (χ1) is 20.2. The van der Waals surface area contributed by atoms with E-state index in [-0.39, 0.29) is 72.1 Å². The fraction of sp³-hybridized carbons (Fsp3) is 0.500. The summed E-state index contributed by atoms with van der Waals surface area (Å²) < 4.78 is 6.22. The number of amides is 4. The van der Waals surface area contributed by atoms with E-state index in [0.29, 0.717) is 18.4 Å². The number of nitrogens with zero attached hydrogens (tertiary/aromatic N) is 2. The molecule has 4 fully saturated rings. The van der Waals surface area contributed by atoms with E-state index in [1.165, 1.54) is 4.90 Å². The van der Waals surface area contributed by atoms with E-state index < -0.39 is 36.2 Å². The predicted molar refractivity (Wildman–Crippen MR) is 151 cm³/mol. The summed E-state index contributed by atoms with van der Waals surface area (Å²) in [6, 6.07) is 5.49. The highest BCUT2D eigenvalue weighted by Crippen LogP contribution is 2.54. The summed E-state index contributed by atoms with van der Waals surface area (Å²) >= 11 is 3.32. The quantitative estimate of drug-likeness (QED) is 0.127. The highest BCUT2D eigenvalue weighted by molar-refractivity contribution is 9.10. The molecule has 2 saturated heterocycles. The molecule has 4 amide bonds. The van der Waals surface area contributed by atoms with Crippen molar-refractivity contribution in [1.82, 2.24) is 9.80 Å². The Hall–Kier alpha value is -3.40. The van der Waals surface area contributed by atoms with Crippen LogP contribution in [0.15, 0.2) is 53.0 Å². The van der Waals surface area contributed by atoms with Gasteiger partial charge in [0.15, 0.2) is 12.4 Å². The number of imide groups is 2. The van der Waals surface area contributed by atoms with Gasteiger partial charge in [0, 0.05) is 16.6 Å². The van der Waals surface area contributed by atoms with Crippen LogP contribution in [0, 0.1) is 47.3 Å². The Morgan fingerprint density at radius 3 is 1.79 bits per heavy atom. The minimum absolute atomic E-state index is 0.00599. The predicted octanol–water partition coefficient (Wildman–Crippen LogP) is 3.33. The Balaban J connectivity index is 1.02. The number of carbonyl (C=O) groups excluding carboxylic acids is 6. The molecule has 0 radical (unpaired) electrons. The van der Waals surface area contributed by atoms with Gasteiger partial charge in [0.05, 0.1) is 23.7 Å². The van der Waals surface area contributed by atoms with Crippen molar-refractivity contribution in [3.8, 4) is 0 Å². The molecule has 7 rings (SSSR count). The first kappa shape index (κ1) is 27.4. The number of benzene rings is 1. The molecule has 4 bridgehead atoms. The number of halogens is 1. The standard InChI is InChI=1S/C32H31BrN2O7/c33-21-10-8-16(9-11-21)23(36)15-42-32(41)22(35-30(39)26-19-6-7-20(14-19)27(26)31(35)40)3-1-2-12-34-28(37)24-17-4-5-18(13-17)25(24)29(34)38/h4-11,17-20,22,24-27H,1-3,12-15H2/t17-,18-,19-,20-,22+,24-,25-,26-,27+/m0/s1. The number of Topliss-reactive ketones (excluding diaryl/α,β-unsaturated/α-hetero) is 1. The van der Waals surface area contributed by atoms with E-state index in [0.717, 1.165) is 22.2 Å². The number of carbonyl (C=O) groups is 6. The second kappa shape index (κ2) is 10.4. The van der Waals surface area contributed by atoms with E-state index in [4.69, 9.17) is 4.74 Å². The van der Waals surface area contributed by atoms with E-state index in [2.05, 4.69) is 28.1 Å². The van der Waals surface area contributed by atoms with E-state index in [1.807, 2.05) is 12.2 Å². The highest BCUT2D eigenvalue weighted by Gasteiger charge is 2.61. The Bertz CT molecular complexity index is 1390. The maximum absolute atomic E-state index is 13.5. The summed E-state index contributed by atoms with van der Waals surface area (Å²) in [7, 11) is 0. The van der Waals surface area contributed by atoms with Crippen LogP contribution >= 0.6 is 15.9 Å². The first-order valence-corrected chi connectivity index (χ1v) is 15.6. The van der Waals surface area contributed by atoms with Gasteiger partial charge >= 0.3 is 5.97 Å². The van der Waals surface area contributed by atoms with Gasteiger partial charge in [-0.3, -0.25) is 33.8 Å². The first-order valence-electron chi connectivity index (χ1n) is 14.8. The normalized spacial score (nSPS) is 34.1. The van der Waals surface area contributed by atoms with Gasteiger partial charge in [0.1, 0.15) is 6.04 Å². The van der Waals surface area contributed by atoms with Crippen LogP contribution in [0.1, 0.15) is 42.5 Å². The van der Waals surface area contributed by atoms with Crippen molar-refractivity contribution >= 4 is 51.3 Å². The fourth-order valence-corrected chi connectivity index (χ4v) is 8.59. The van der Waals surface area contributed by atoms with Gasteiger partial charge in [0.25, 0.3) is 0 Å². The average Bonchev–Trinajstić information content (AvgIpc) is 3.83. The van der Waals surface area contributed by atoms with Gasteiger partial charge in [-0.25, -0.2) is 4.79 Å². The molecule has 6 aliphatic rings. The van der Waals surface area contributed by atoms with Crippen molar-refractivity contribution in [2.24, 2.45) is 47.3 Å². The van der Waals surface area contributed by atoms with Gasteiger partial charge in [-0.2, -0.15) is 0 Å². The number of likely N-dealkylation sites (tertiary alicyclic amines) is 2. The Morgan fingerprint density at radius 2 is 1.26 bits per heavy atom. The lowest BCUT2D eigenvalue weighted by Gasteiger charge is -2.26. The summed E-state index contributed by atoms with van der Waals surface area (Å²) in [6.07, 6.45) is 10.7. The molecule has 4 aliphatic carbocycles. The molecular formula is C32H31BrN2O7. The molecule has 9 atom stereocenters. The number of hydrogen-bond donors (Lipinski definition) is 0. The van der Waals surface area contributed by atoms with Crippen molar-refractivity contribution in [1.29, 1.82) is 0 Å². The highest BCUT2D eigenvalue weighted by atomic mass is 79.9. The minimum atomic E-state index is -1.17. The van der Waals surface area contributed by atoms with E-state index >= 15 is 0 Å². The van der Waals surface area contributed by atoms with Crippen molar-refractivity contribution in [3.63, 3.8) is 0 Å². The minimum Gasteiger partial charge on any atom is -0.456 e. The number of ether oxygens (including phenoxy) is 1. The maximum atomic E-state index is 13.5. The molecule has 2 saturated carbocycles. The summed E-state index contributed by atoms with van der Waals surface area (Å²) in [4.78, 5) is 81.6. The molecule has 10 heteroatoms. The number of esters is 1. The smallest absolute Gasteiger partial charge is 0.329 e. The lowest BCUT2D eigenvalue weighted by molar-refractivity contribution is -0.159. The molecule has 0 unspecified atom stereocenters. The van der Waals surface area contributed by atoms with Crippen LogP contribution in [0.3, 0.4) is 0 Å². The molecule has 218 valence electrons. The zero-order chi connectivity index (χ0) is 29.3. The molecule has 0 aromatic heterocycles. The number of fused-ring (bicyclic) bond motifs is 10. The molecule has 1 aromatic carbocycles. The molecule has 1 aromatic rings. The zero-order valence-corrected chi connectivity index (χ0v) is 24.5. The SMILES string of the molecule is O=C(COC(=O)[C@@H](CCCCN1C(=O)[C@@H]2[C@@H](C1=O)[C@H]1C=C[C@H]2C1)N1C(=O)[C@@H]2[C@H](C1=O)[C@H]1C=C[C@H]2C1)c1ccc(Br)cc1. The van der Waals surface area contributed by atoms with Crippen molar-refractivity contribution in [2.75, 3.05) is 13.2 Å². The van der Waals surface area contributed by atoms with Gasteiger partial charge < -0.3 is 4.74 Å². The summed E-state index contributed by atoms with van der Waals surface area (Å²) in [5.74, 6) is -3.34. The van der Waals surface area contributed by atoms with Crippen LogP contribution in [-0.4, -0.2) is 64.4 Å². The Kier molecular flexibility index (Phi) is 6.79. The lowest BCUT2D eigenvalue weighted by atomic mass is 9.85. The molecule has 2 aliphatic heterocycles. The third-order valence-electron chi connectivity index (χ3n) is 10.3. The third kappa shape index (κ3) is 4.24. The van der Waals surface area contributed by atoms with Crippen LogP contribution in [-0.2, 0) is 28.7 Å². The van der Waals surface area contributed by atoms with Crippen molar-refractivity contribution in [2.45, 2.75) is 38.1 Å². The number of allylic oxidation sites excluding steroid dienone is 4. The number of hydrogen-bond acceptors (Lipinski definition) is 7. The number of ketones is 1. The van der Waals surface area contributed by atoms with Gasteiger partial charge in [-0.1, -0.05) is 52.4 Å². The topological polar surface area (TPSA) is 118 Å². The van der Waals surface area contributed by atoms with Gasteiger partial charge in [-0.05, 0) is 67.9 Å². The van der Waals surface area contributed by atoms with Crippen LogP contribution in [0.25, 0.3) is 0 Å². The molecule has 9 nitrogen and oxygen atoms in total. The zero-order valence-electron chi connectivity index (χ0n) is 22.9. The average molecular weight is 636 g/mol. The van der Waals surface area contributed by atoms with Gasteiger partial charge in [0.2, 0.25) is 23.6 Å². The van der Waals surface area contributed by atoms with Crippen molar-refractivity contribution < 1.29 is 33.5 Å². The second-order valence-corrected chi connectivity index (χ2v) is 13.3. The molecule has 2 heterocycles. The fourth-order valence-electron chi connectivity index (χ4n) is 8.33. The molecule has 0 N–H and O–H groups in total. The Labute approximate surface area is 251 Å². The number of unbranched alkanes of at least 4 members (excludes halogenated alkanes) is 1. The molecular weight excluding hydrogens is 604 g/mol. The molecule has 0 spiro atoms. The van der Waals surface area contributed by atoms with E-state index in [9.17, 15) is 28.8 Å². The second-order valence-electron chi connectivity index (χ2n) is 12.4. The summed E-state index contributed by atoms with van der Waals surface area (Å²) in [6.45, 7) is -0.280. The monoisotopic (exact) mass is 634 g/mol. The van der Waals surface area contributed by atoms with Crippen LogP contribution in [0.5, 0.6) is 0 Å². The van der Waals surface area contributed by atoms with Gasteiger partial charge in [-0.15, -0.1) is 0 Å². The Morgan fingerprint density at radius 1 is 0.762 bits per heavy atom. The third-order valence-corrected chi connectivity index (χ3v) is 10.8. The summed E-state index contributed by atoms with van der Waals surface area (Å²) in [5.41, 5.74) is 0.376. The lowest BCUT2D eigenvalue weighted by Crippen LogP contribution is -2.47.